The Kier molecular flexibility index (Phi) is 3.97. The fourth-order valence-corrected chi connectivity index (χ4v) is 2.37. The quantitative estimate of drug-likeness (QED) is 0.839. The molecule has 1 aromatic carbocycles. The fraction of sp³-hybridized carbons (Fsp3) is 0.571. The van der Waals surface area contributed by atoms with Crippen molar-refractivity contribution in [3.63, 3.8) is 0 Å². The number of hydrazine groups is 1. The molecule has 1 saturated heterocycles. The van der Waals surface area contributed by atoms with Crippen molar-refractivity contribution in [1.82, 2.24) is 10.4 Å². The maximum Gasteiger partial charge on any atom is 0.0358 e. The highest BCUT2D eigenvalue weighted by molar-refractivity contribution is 5.33. The first-order valence-electron chi connectivity index (χ1n) is 6.31. The van der Waals surface area contributed by atoms with E-state index >= 15 is 0 Å². The van der Waals surface area contributed by atoms with E-state index < -0.39 is 0 Å². The van der Waals surface area contributed by atoms with Crippen LogP contribution in [0.25, 0.3) is 0 Å². The number of nitrogens with zero attached hydrogens (tertiary/aromatic N) is 1. The molecule has 0 aromatic heterocycles. The van der Waals surface area contributed by atoms with Gasteiger partial charge in [0.05, 0.1) is 0 Å². The van der Waals surface area contributed by atoms with E-state index in [0.717, 1.165) is 6.54 Å². The van der Waals surface area contributed by atoms with Crippen molar-refractivity contribution in [2.45, 2.75) is 39.7 Å². The molecule has 1 aliphatic rings. The third-order valence-corrected chi connectivity index (χ3v) is 3.48. The van der Waals surface area contributed by atoms with E-state index in [1.165, 1.54) is 49.0 Å². The molecular formula is C14H22N2. The van der Waals surface area contributed by atoms with Crippen molar-refractivity contribution in [3.05, 3.63) is 34.9 Å². The lowest BCUT2D eigenvalue weighted by Gasteiger charge is -2.27. The summed E-state index contributed by atoms with van der Waals surface area (Å²) in [6, 6.07) is 6.52. The van der Waals surface area contributed by atoms with E-state index in [2.05, 4.69) is 42.5 Å². The van der Waals surface area contributed by atoms with E-state index in [0.29, 0.717) is 0 Å². The van der Waals surface area contributed by atoms with E-state index in [9.17, 15) is 0 Å². The Balaban J connectivity index is 1.93. The Bertz CT molecular complexity index is 320. The van der Waals surface area contributed by atoms with Gasteiger partial charge < -0.3 is 0 Å². The Labute approximate surface area is 98.6 Å². The zero-order valence-electron chi connectivity index (χ0n) is 10.4. The highest BCUT2D eigenvalue weighted by atomic mass is 15.5. The van der Waals surface area contributed by atoms with Crippen LogP contribution in [0.1, 0.15) is 36.0 Å². The topological polar surface area (TPSA) is 15.3 Å². The van der Waals surface area contributed by atoms with Gasteiger partial charge in [-0.2, -0.15) is 0 Å². The number of nitrogens with one attached hydrogen (secondary N) is 1. The lowest BCUT2D eigenvalue weighted by Crippen LogP contribution is -2.41. The summed E-state index contributed by atoms with van der Waals surface area (Å²) in [6.07, 6.45) is 4.06. The number of rotatable bonds is 3. The Morgan fingerprint density at radius 1 is 1.06 bits per heavy atom. The molecule has 1 heterocycles. The van der Waals surface area contributed by atoms with Gasteiger partial charge in [-0.25, -0.2) is 5.01 Å². The van der Waals surface area contributed by atoms with Crippen LogP contribution < -0.4 is 5.43 Å². The second-order valence-corrected chi connectivity index (χ2v) is 4.75. The molecule has 1 N–H and O–H groups in total. The van der Waals surface area contributed by atoms with Crippen LogP contribution in [-0.4, -0.2) is 18.1 Å². The minimum Gasteiger partial charge on any atom is -0.251 e. The zero-order chi connectivity index (χ0) is 11.4. The number of aryl methyl sites for hydroxylation is 2. The molecule has 1 fully saturated rings. The molecule has 2 rings (SSSR count). The molecule has 0 amide bonds. The summed E-state index contributed by atoms with van der Waals surface area (Å²) in [4.78, 5) is 0. The van der Waals surface area contributed by atoms with Crippen LogP contribution in [0, 0.1) is 13.8 Å². The third-order valence-electron chi connectivity index (χ3n) is 3.48. The van der Waals surface area contributed by atoms with E-state index in [4.69, 9.17) is 0 Å². The van der Waals surface area contributed by atoms with Gasteiger partial charge >= 0.3 is 0 Å². The molecule has 0 saturated carbocycles. The second kappa shape index (κ2) is 5.46. The first-order chi connectivity index (χ1) is 7.77. The van der Waals surface area contributed by atoms with Crippen LogP contribution in [-0.2, 0) is 6.54 Å². The SMILES string of the molecule is Cc1cccc(C)c1CNN1CCCCC1. The molecule has 0 spiro atoms. The maximum atomic E-state index is 3.55. The van der Waals surface area contributed by atoms with Crippen LogP contribution in [0.3, 0.4) is 0 Å². The molecular weight excluding hydrogens is 196 g/mol. The average molecular weight is 218 g/mol. The highest BCUT2D eigenvalue weighted by Crippen LogP contribution is 2.13. The van der Waals surface area contributed by atoms with Crippen molar-refractivity contribution >= 4 is 0 Å². The lowest BCUT2D eigenvalue weighted by molar-refractivity contribution is 0.151. The smallest absolute Gasteiger partial charge is 0.0358 e. The van der Waals surface area contributed by atoms with Crippen molar-refractivity contribution in [2.75, 3.05) is 13.1 Å². The van der Waals surface area contributed by atoms with Crippen molar-refractivity contribution < 1.29 is 0 Å². The number of hydrogen-bond donors (Lipinski definition) is 1. The van der Waals surface area contributed by atoms with Crippen LogP contribution in [0.5, 0.6) is 0 Å². The first kappa shape index (κ1) is 11.6. The molecule has 1 aromatic rings. The largest absolute Gasteiger partial charge is 0.251 e. The molecule has 0 atom stereocenters. The number of piperidine rings is 1. The van der Waals surface area contributed by atoms with Gasteiger partial charge in [0.15, 0.2) is 0 Å². The van der Waals surface area contributed by atoms with Gasteiger partial charge in [-0.1, -0.05) is 24.6 Å². The maximum absolute atomic E-state index is 3.55. The van der Waals surface area contributed by atoms with Gasteiger partial charge in [-0.05, 0) is 43.4 Å². The minimum absolute atomic E-state index is 0.971. The van der Waals surface area contributed by atoms with Crippen LogP contribution >= 0.6 is 0 Å². The first-order valence-corrected chi connectivity index (χ1v) is 6.31. The zero-order valence-corrected chi connectivity index (χ0v) is 10.4. The predicted octanol–water partition coefficient (Wildman–Crippen LogP) is 2.79. The Hall–Kier alpha value is -0.860. The highest BCUT2D eigenvalue weighted by Gasteiger charge is 2.10. The van der Waals surface area contributed by atoms with E-state index in [1.54, 1.807) is 0 Å². The monoisotopic (exact) mass is 218 g/mol. The normalized spacial score (nSPS) is 17.6. The summed E-state index contributed by atoms with van der Waals surface area (Å²) < 4.78 is 0. The van der Waals surface area contributed by atoms with E-state index in [-0.39, 0.29) is 0 Å². The van der Waals surface area contributed by atoms with Crippen molar-refractivity contribution in [2.24, 2.45) is 0 Å². The molecule has 1 aliphatic heterocycles. The third kappa shape index (κ3) is 2.83. The van der Waals surface area contributed by atoms with Gasteiger partial charge in [0.2, 0.25) is 0 Å². The molecule has 0 radical (unpaired) electrons. The Morgan fingerprint density at radius 3 is 2.31 bits per heavy atom. The molecule has 16 heavy (non-hydrogen) atoms. The average Bonchev–Trinajstić information content (AvgIpc) is 2.30. The summed E-state index contributed by atoms with van der Waals surface area (Å²) >= 11 is 0. The summed E-state index contributed by atoms with van der Waals surface area (Å²) in [5, 5.41) is 2.37. The lowest BCUT2D eigenvalue weighted by atomic mass is 10.0. The van der Waals surface area contributed by atoms with Crippen molar-refractivity contribution in [3.8, 4) is 0 Å². The predicted molar refractivity (Wildman–Crippen MR) is 68.2 cm³/mol. The molecule has 2 nitrogen and oxygen atoms in total. The van der Waals surface area contributed by atoms with E-state index in [1.807, 2.05) is 0 Å². The van der Waals surface area contributed by atoms with Gasteiger partial charge in [0.1, 0.15) is 0 Å². The Morgan fingerprint density at radius 2 is 1.69 bits per heavy atom. The fourth-order valence-electron chi connectivity index (χ4n) is 2.37. The molecule has 88 valence electrons. The van der Waals surface area contributed by atoms with Crippen LogP contribution in [0.2, 0.25) is 0 Å². The standard InChI is InChI=1S/C14H22N2/c1-12-7-6-8-13(2)14(12)11-15-16-9-4-3-5-10-16/h6-8,15H,3-5,9-11H2,1-2H3. The molecule has 2 heteroatoms. The summed E-state index contributed by atoms with van der Waals surface area (Å²) in [5.74, 6) is 0. The van der Waals surface area contributed by atoms with Crippen molar-refractivity contribution in [1.29, 1.82) is 0 Å². The van der Waals surface area contributed by atoms with Crippen LogP contribution in [0.4, 0.5) is 0 Å². The second-order valence-electron chi connectivity index (χ2n) is 4.75. The number of benzene rings is 1. The summed E-state index contributed by atoms with van der Waals surface area (Å²) in [6.45, 7) is 7.76. The summed E-state index contributed by atoms with van der Waals surface area (Å²) in [7, 11) is 0. The van der Waals surface area contributed by atoms with Gasteiger partial charge in [0.25, 0.3) is 0 Å². The molecule has 0 aliphatic carbocycles. The molecule has 0 unspecified atom stereocenters. The van der Waals surface area contributed by atoms with Crippen LogP contribution in [0.15, 0.2) is 18.2 Å². The van der Waals surface area contributed by atoms with Gasteiger partial charge in [-0.3, -0.25) is 5.43 Å². The summed E-state index contributed by atoms with van der Waals surface area (Å²) in [5.41, 5.74) is 7.79. The van der Waals surface area contributed by atoms with Gasteiger partial charge in [-0.15, -0.1) is 0 Å². The minimum atomic E-state index is 0.971. The number of hydrogen-bond acceptors (Lipinski definition) is 2. The molecule has 0 bridgehead atoms. The van der Waals surface area contributed by atoms with Gasteiger partial charge in [0, 0.05) is 19.6 Å².